The van der Waals surface area contributed by atoms with Crippen molar-refractivity contribution in [2.45, 2.75) is 38.8 Å². The van der Waals surface area contributed by atoms with Gasteiger partial charge in [0.15, 0.2) is 0 Å². The van der Waals surface area contributed by atoms with E-state index in [4.69, 9.17) is 5.73 Å². The number of rotatable bonds is 3. The molecule has 2 atom stereocenters. The second-order valence-electron chi connectivity index (χ2n) is 8.15. The molecule has 0 bridgehead atoms. The number of carbonyl (C=O) groups excluding carboxylic acids is 3. The fourth-order valence-electron chi connectivity index (χ4n) is 3.64. The normalized spacial score (nSPS) is 26.7. The molecule has 4 amide bonds. The van der Waals surface area contributed by atoms with Crippen LogP contribution in [0.15, 0.2) is 24.3 Å². The van der Waals surface area contributed by atoms with Gasteiger partial charge in [-0.1, -0.05) is 26.0 Å². The van der Waals surface area contributed by atoms with Crippen molar-refractivity contribution < 1.29 is 18.8 Å². The molecule has 2 saturated heterocycles. The second kappa shape index (κ2) is 7.67. The van der Waals surface area contributed by atoms with Gasteiger partial charge in [-0.15, -0.1) is 12.4 Å². The minimum absolute atomic E-state index is 0. The smallest absolute Gasteiger partial charge is 0.325 e. The molecule has 2 aliphatic rings. The molecule has 1 aromatic carbocycles. The van der Waals surface area contributed by atoms with Gasteiger partial charge >= 0.3 is 6.03 Å². The van der Waals surface area contributed by atoms with Gasteiger partial charge in [-0.25, -0.2) is 9.18 Å². The van der Waals surface area contributed by atoms with Gasteiger partial charge in [0, 0.05) is 19.1 Å². The maximum atomic E-state index is 13.2. The van der Waals surface area contributed by atoms with E-state index in [9.17, 15) is 18.8 Å². The van der Waals surface area contributed by atoms with Crippen molar-refractivity contribution in [3.63, 3.8) is 0 Å². The molecule has 2 fully saturated rings. The highest BCUT2D eigenvalue weighted by Gasteiger charge is 2.50. The van der Waals surface area contributed by atoms with E-state index >= 15 is 0 Å². The number of amides is 4. The van der Waals surface area contributed by atoms with Crippen molar-refractivity contribution >= 4 is 30.3 Å². The van der Waals surface area contributed by atoms with Gasteiger partial charge < -0.3 is 16.0 Å². The zero-order valence-electron chi connectivity index (χ0n) is 16.2. The van der Waals surface area contributed by atoms with Crippen LogP contribution in [0.25, 0.3) is 0 Å². The molecular formula is C19H26ClFN4O3. The largest absolute Gasteiger partial charge is 0.340 e. The van der Waals surface area contributed by atoms with Crippen LogP contribution in [0.5, 0.6) is 0 Å². The number of piperidine rings is 1. The molecule has 0 radical (unpaired) electrons. The molecule has 2 heterocycles. The lowest BCUT2D eigenvalue weighted by atomic mass is 9.79. The van der Waals surface area contributed by atoms with Crippen LogP contribution in [0.3, 0.4) is 0 Å². The number of carbonyl (C=O) groups is 3. The number of nitrogens with zero attached hydrogens (tertiary/aromatic N) is 2. The molecular weight excluding hydrogens is 387 g/mol. The lowest BCUT2D eigenvalue weighted by molar-refractivity contribution is -0.140. The molecule has 2 aliphatic heterocycles. The molecule has 2 unspecified atom stereocenters. The highest BCUT2D eigenvalue weighted by molar-refractivity contribution is 6.09. The van der Waals surface area contributed by atoms with Crippen LogP contribution >= 0.6 is 12.4 Å². The number of nitrogens with two attached hydrogens (primary N) is 1. The summed E-state index contributed by atoms with van der Waals surface area (Å²) in [6, 6.07) is 4.73. The predicted molar refractivity (Wildman–Crippen MR) is 104 cm³/mol. The molecule has 28 heavy (non-hydrogen) atoms. The highest BCUT2D eigenvalue weighted by Crippen LogP contribution is 2.30. The van der Waals surface area contributed by atoms with Crippen LogP contribution in [-0.4, -0.2) is 53.3 Å². The third kappa shape index (κ3) is 3.84. The minimum Gasteiger partial charge on any atom is -0.340 e. The van der Waals surface area contributed by atoms with Crippen molar-refractivity contribution in [3.8, 4) is 0 Å². The Morgan fingerprint density at radius 1 is 1.25 bits per heavy atom. The average Bonchev–Trinajstić information content (AvgIpc) is 2.82. The molecule has 0 aliphatic carbocycles. The van der Waals surface area contributed by atoms with Gasteiger partial charge in [-0.05, 0) is 36.5 Å². The highest BCUT2D eigenvalue weighted by atomic mass is 35.5. The summed E-state index contributed by atoms with van der Waals surface area (Å²) in [6.45, 7) is 6.20. The van der Waals surface area contributed by atoms with E-state index in [1.54, 1.807) is 11.8 Å². The molecule has 0 aromatic heterocycles. The van der Waals surface area contributed by atoms with Crippen LogP contribution in [0, 0.1) is 11.2 Å². The van der Waals surface area contributed by atoms with Crippen molar-refractivity contribution in [2.24, 2.45) is 11.1 Å². The zero-order chi connectivity index (χ0) is 20.0. The molecule has 3 rings (SSSR count). The Balaban J connectivity index is 0.00000280. The Labute approximate surface area is 169 Å². The third-order valence-electron chi connectivity index (χ3n) is 5.65. The lowest BCUT2D eigenvalue weighted by Gasteiger charge is -2.42. The second-order valence-corrected chi connectivity index (χ2v) is 8.15. The maximum Gasteiger partial charge on any atom is 0.325 e. The molecule has 9 heteroatoms. The number of imide groups is 1. The predicted octanol–water partition coefficient (Wildman–Crippen LogP) is 1.60. The third-order valence-corrected chi connectivity index (χ3v) is 5.65. The van der Waals surface area contributed by atoms with Gasteiger partial charge in [-0.3, -0.25) is 14.5 Å². The summed E-state index contributed by atoms with van der Waals surface area (Å²) in [7, 11) is 0. The quantitative estimate of drug-likeness (QED) is 0.737. The van der Waals surface area contributed by atoms with Gasteiger partial charge in [-0.2, -0.15) is 0 Å². The molecule has 3 N–H and O–H groups in total. The summed E-state index contributed by atoms with van der Waals surface area (Å²) in [4.78, 5) is 40.5. The Hall–Kier alpha value is -2.19. The maximum absolute atomic E-state index is 13.2. The van der Waals surface area contributed by atoms with E-state index in [2.05, 4.69) is 5.32 Å². The van der Waals surface area contributed by atoms with Gasteiger partial charge in [0.25, 0.3) is 5.91 Å². The molecule has 7 nitrogen and oxygen atoms in total. The Kier molecular flexibility index (Phi) is 6.06. The van der Waals surface area contributed by atoms with E-state index in [1.165, 1.54) is 24.3 Å². The number of hydrogen-bond acceptors (Lipinski definition) is 4. The molecule has 0 saturated carbocycles. The summed E-state index contributed by atoms with van der Waals surface area (Å²) in [6.07, 6.45) is 0.673. The first-order chi connectivity index (χ1) is 12.5. The number of halogens is 2. The number of urea groups is 1. The number of benzene rings is 1. The fraction of sp³-hybridized carbons (Fsp3) is 0.526. The zero-order valence-corrected chi connectivity index (χ0v) is 17.0. The van der Waals surface area contributed by atoms with Crippen LogP contribution in [-0.2, 0) is 15.1 Å². The molecule has 154 valence electrons. The first-order valence-electron chi connectivity index (χ1n) is 8.98. The number of likely N-dealkylation sites (tertiary alicyclic amines) is 1. The lowest BCUT2D eigenvalue weighted by Crippen LogP contribution is -2.56. The van der Waals surface area contributed by atoms with Crippen LogP contribution in [0.4, 0.5) is 9.18 Å². The van der Waals surface area contributed by atoms with E-state index < -0.39 is 23.3 Å². The van der Waals surface area contributed by atoms with Crippen molar-refractivity contribution in [1.29, 1.82) is 0 Å². The fourth-order valence-corrected chi connectivity index (χ4v) is 3.64. The summed E-state index contributed by atoms with van der Waals surface area (Å²) in [5.41, 5.74) is 5.01. The van der Waals surface area contributed by atoms with Gasteiger partial charge in [0.1, 0.15) is 17.9 Å². The Morgan fingerprint density at radius 2 is 1.86 bits per heavy atom. The Bertz CT molecular complexity index is 786. The standard InChI is InChI=1S/C19H25FN4O3.ClH/c1-18(2)11-23(9-8-14(18)21)15(25)10-24-16(26)19(3,22-17(24)27)12-4-6-13(20)7-5-12;/h4-7,14H,8-11,21H2,1-3H3,(H,22,27);1H. The monoisotopic (exact) mass is 412 g/mol. The van der Waals surface area contributed by atoms with E-state index in [0.29, 0.717) is 25.1 Å². The van der Waals surface area contributed by atoms with Crippen LogP contribution < -0.4 is 11.1 Å². The first kappa shape index (κ1) is 22.1. The van der Waals surface area contributed by atoms with E-state index in [1.807, 2.05) is 13.8 Å². The van der Waals surface area contributed by atoms with Crippen molar-refractivity contribution in [3.05, 3.63) is 35.6 Å². The SMILES string of the molecule is CC1(c2ccc(F)cc2)NC(=O)N(CC(=O)N2CCC(N)C(C)(C)C2)C1=O.Cl. The molecule has 1 aromatic rings. The van der Waals surface area contributed by atoms with Crippen LogP contribution in [0.1, 0.15) is 32.8 Å². The van der Waals surface area contributed by atoms with Crippen molar-refractivity contribution in [2.75, 3.05) is 19.6 Å². The van der Waals surface area contributed by atoms with Gasteiger partial charge in [0.2, 0.25) is 5.91 Å². The van der Waals surface area contributed by atoms with E-state index in [-0.39, 0.29) is 36.3 Å². The number of hydrogen-bond donors (Lipinski definition) is 2. The van der Waals surface area contributed by atoms with Crippen molar-refractivity contribution in [1.82, 2.24) is 15.1 Å². The average molecular weight is 413 g/mol. The minimum atomic E-state index is -1.32. The van der Waals surface area contributed by atoms with E-state index in [0.717, 1.165) is 4.90 Å². The summed E-state index contributed by atoms with van der Waals surface area (Å²) in [5.74, 6) is -1.25. The summed E-state index contributed by atoms with van der Waals surface area (Å²) in [5, 5.41) is 2.62. The number of nitrogens with one attached hydrogen (secondary N) is 1. The van der Waals surface area contributed by atoms with Crippen LogP contribution in [0.2, 0.25) is 0 Å². The Morgan fingerprint density at radius 3 is 2.43 bits per heavy atom. The first-order valence-corrected chi connectivity index (χ1v) is 8.98. The summed E-state index contributed by atoms with van der Waals surface area (Å²) < 4.78 is 13.2. The van der Waals surface area contributed by atoms with Gasteiger partial charge in [0.05, 0.1) is 0 Å². The molecule has 0 spiro atoms. The topological polar surface area (TPSA) is 95.7 Å². The summed E-state index contributed by atoms with van der Waals surface area (Å²) >= 11 is 0.